The van der Waals surface area contributed by atoms with Crippen molar-refractivity contribution in [3.8, 4) is 5.75 Å². The minimum absolute atomic E-state index is 0.103. The van der Waals surface area contributed by atoms with Crippen LogP contribution in [0, 0.1) is 11.6 Å². The molecule has 0 aliphatic rings. The van der Waals surface area contributed by atoms with Crippen molar-refractivity contribution < 1.29 is 27.9 Å². The van der Waals surface area contributed by atoms with E-state index < -0.39 is 29.5 Å². The fraction of sp³-hybridized carbons (Fsp3) is 0.286. The van der Waals surface area contributed by atoms with Crippen molar-refractivity contribution in [1.82, 2.24) is 10.6 Å². The highest BCUT2D eigenvalue weighted by molar-refractivity contribution is 5.89. The van der Waals surface area contributed by atoms with E-state index in [1.165, 1.54) is 20.0 Å². The van der Waals surface area contributed by atoms with Gasteiger partial charge in [-0.05, 0) is 48.7 Å². The number of benzene rings is 2. The van der Waals surface area contributed by atoms with Crippen LogP contribution in [0.2, 0.25) is 0 Å². The van der Waals surface area contributed by atoms with Crippen LogP contribution in [-0.4, -0.2) is 31.3 Å². The molecule has 0 aliphatic carbocycles. The Morgan fingerprint density at radius 2 is 1.72 bits per heavy atom. The minimum Gasteiger partial charge on any atom is -0.484 e. The number of carbonyl (C=O) groups is 3. The highest BCUT2D eigenvalue weighted by atomic mass is 19.2. The maximum atomic E-state index is 13.5. The predicted octanol–water partition coefficient (Wildman–Crippen LogP) is 2.47. The third kappa shape index (κ3) is 6.67. The number of nitrogens with one attached hydrogen (secondary N) is 2. The molecular formula is C21H22F2N2O4. The minimum atomic E-state index is -1.19. The fourth-order valence-corrected chi connectivity index (χ4v) is 2.56. The monoisotopic (exact) mass is 404 g/mol. The zero-order chi connectivity index (χ0) is 21.4. The molecule has 0 fully saturated rings. The number of aryl methyl sites for hydroxylation is 1. The third-order valence-electron chi connectivity index (χ3n) is 4.15. The van der Waals surface area contributed by atoms with Crippen molar-refractivity contribution in [2.75, 3.05) is 13.7 Å². The number of ether oxygens (including phenoxy) is 1. The van der Waals surface area contributed by atoms with Gasteiger partial charge in [-0.2, -0.15) is 0 Å². The number of Topliss-reactive ketones (excluding diaryl/α,β-unsaturated/α-hetero) is 1. The van der Waals surface area contributed by atoms with Crippen molar-refractivity contribution >= 4 is 17.6 Å². The van der Waals surface area contributed by atoms with E-state index in [9.17, 15) is 23.2 Å². The van der Waals surface area contributed by atoms with Crippen molar-refractivity contribution in [1.29, 1.82) is 0 Å². The first kappa shape index (κ1) is 22.0. The molecule has 154 valence electrons. The second kappa shape index (κ2) is 10.3. The van der Waals surface area contributed by atoms with Gasteiger partial charge in [-0.15, -0.1) is 0 Å². The number of likely N-dealkylation sites (N-methyl/N-ethyl adjacent to an activating group) is 1. The van der Waals surface area contributed by atoms with Crippen LogP contribution in [0.1, 0.15) is 30.5 Å². The molecule has 29 heavy (non-hydrogen) atoms. The number of ketones is 1. The summed E-state index contributed by atoms with van der Waals surface area (Å²) in [5, 5.41) is 4.81. The molecule has 0 bridgehead atoms. The number of hydrogen-bond acceptors (Lipinski definition) is 4. The van der Waals surface area contributed by atoms with E-state index in [1.807, 2.05) is 0 Å². The first-order valence-corrected chi connectivity index (χ1v) is 8.97. The van der Waals surface area contributed by atoms with Gasteiger partial charge < -0.3 is 20.2 Å². The van der Waals surface area contributed by atoms with Gasteiger partial charge in [-0.1, -0.05) is 18.2 Å². The Hall–Kier alpha value is -3.29. The molecule has 0 saturated carbocycles. The summed E-state index contributed by atoms with van der Waals surface area (Å²) >= 11 is 0. The highest BCUT2D eigenvalue weighted by Gasteiger charge is 2.23. The zero-order valence-corrected chi connectivity index (χ0v) is 16.1. The van der Waals surface area contributed by atoms with Gasteiger partial charge >= 0.3 is 0 Å². The molecule has 6 nitrogen and oxygen atoms in total. The first-order valence-electron chi connectivity index (χ1n) is 8.97. The van der Waals surface area contributed by atoms with Gasteiger partial charge in [0.15, 0.2) is 18.2 Å². The van der Waals surface area contributed by atoms with Gasteiger partial charge in [-0.25, -0.2) is 8.78 Å². The highest BCUT2D eigenvalue weighted by Crippen LogP contribution is 2.17. The lowest BCUT2D eigenvalue weighted by molar-refractivity contribution is -0.129. The number of amides is 2. The quantitative estimate of drug-likeness (QED) is 0.673. The average Bonchev–Trinajstić information content (AvgIpc) is 2.71. The summed E-state index contributed by atoms with van der Waals surface area (Å²) in [6, 6.07) is 8.71. The van der Waals surface area contributed by atoms with Crippen molar-refractivity contribution in [2.24, 2.45) is 0 Å². The lowest BCUT2D eigenvalue weighted by atomic mass is 10.1. The predicted molar refractivity (Wildman–Crippen MR) is 102 cm³/mol. The smallest absolute Gasteiger partial charge is 0.258 e. The van der Waals surface area contributed by atoms with Crippen LogP contribution < -0.4 is 15.4 Å². The van der Waals surface area contributed by atoms with Crippen molar-refractivity contribution in [3.05, 3.63) is 65.2 Å². The number of hydrogen-bond donors (Lipinski definition) is 2. The molecule has 2 rings (SSSR count). The molecule has 2 amide bonds. The fourth-order valence-electron chi connectivity index (χ4n) is 2.56. The molecule has 1 unspecified atom stereocenters. The van der Waals surface area contributed by atoms with Crippen molar-refractivity contribution in [3.63, 3.8) is 0 Å². The Balaban J connectivity index is 1.96. The van der Waals surface area contributed by atoms with E-state index in [1.54, 1.807) is 24.3 Å². The lowest BCUT2D eigenvalue weighted by Crippen LogP contribution is -2.41. The van der Waals surface area contributed by atoms with E-state index in [2.05, 4.69) is 10.6 Å². The standard InChI is InChI=1S/C21H22F2N2O4/c1-13(26)3-4-14-5-8-16(9-6-14)29-12-19(27)25-20(21(28)24-2)15-7-10-17(22)18(23)11-15/h5-11,20H,3-4,12H2,1-2H3,(H,24,28)(H,25,27). The molecule has 0 spiro atoms. The second-order valence-electron chi connectivity index (χ2n) is 6.42. The molecule has 0 aromatic heterocycles. The summed E-state index contributed by atoms with van der Waals surface area (Å²) in [5.74, 6) is -2.81. The molecule has 2 aromatic rings. The van der Waals surface area contributed by atoms with Crippen LogP contribution in [0.4, 0.5) is 8.78 Å². The van der Waals surface area contributed by atoms with E-state index in [-0.39, 0.29) is 18.0 Å². The number of rotatable bonds is 9. The molecule has 0 aliphatic heterocycles. The zero-order valence-electron chi connectivity index (χ0n) is 16.1. The van der Waals surface area contributed by atoms with E-state index in [0.717, 1.165) is 17.7 Å². The second-order valence-corrected chi connectivity index (χ2v) is 6.42. The topological polar surface area (TPSA) is 84.5 Å². The van der Waals surface area contributed by atoms with E-state index in [4.69, 9.17) is 4.74 Å². The van der Waals surface area contributed by atoms with Gasteiger partial charge in [0.1, 0.15) is 17.6 Å². The van der Waals surface area contributed by atoms with Crippen LogP contribution in [-0.2, 0) is 20.8 Å². The Morgan fingerprint density at radius 3 is 2.31 bits per heavy atom. The summed E-state index contributed by atoms with van der Waals surface area (Å²) in [7, 11) is 1.37. The third-order valence-corrected chi connectivity index (χ3v) is 4.15. The van der Waals surface area contributed by atoms with E-state index in [0.29, 0.717) is 18.6 Å². The Labute approximate surface area is 167 Å². The maximum absolute atomic E-state index is 13.5. The van der Waals surface area contributed by atoms with Gasteiger partial charge in [0.25, 0.3) is 5.91 Å². The number of halogens is 2. The largest absolute Gasteiger partial charge is 0.484 e. The molecule has 0 radical (unpaired) electrons. The normalized spacial score (nSPS) is 11.4. The summed E-state index contributed by atoms with van der Waals surface area (Å²) in [4.78, 5) is 35.3. The molecule has 0 saturated heterocycles. The molecule has 8 heteroatoms. The van der Waals surface area contributed by atoms with Crippen molar-refractivity contribution in [2.45, 2.75) is 25.8 Å². The number of carbonyl (C=O) groups excluding carboxylic acids is 3. The summed E-state index contributed by atoms with van der Waals surface area (Å²) in [6.07, 6.45) is 1.08. The first-order chi connectivity index (χ1) is 13.8. The molecular weight excluding hydrogens is 382 g/mol. The Morgan fingerprint density at radius 1 is 1.03 bits per heavy atom. The van der Waals surface area contributed by atoms with Crippen LogP contribution in [0.5, 0.6) is 5.75 Å². The summed E-state index contributed by atoms with van der Waals surface area (Å²) in [5.41, 5.74) is 1.07. The van der Waals surface area contributed by atoms with Crippen LogP contribution in [0.25, 0.3) is 0 Å². The van der Waals surface area contributed by atoms with Crippen LogP contribution >= 0.6 is 0 Å². The molecule has 0 heterocycles. The molecule has 1 atom stereocenters. The average molecular weight is 404 g/mol. The Kier molecular flexibility index (Phi) is 7.82. The summed E-state index contributed by atoms with van der Waals surface area (Å²) < 4.78 is 32.0. The Bertz CT molecular complexity index is 885. The van der Waals surface area contributed by atoms with Gasteiger partial charge in [0.05, 0.1) is 0 Å². The van der Waals surface area contributed by atoms with Gasteiger partial charge in [-0.3, -0.25) is 9.59 Å². The molecule has 2 aromatic carbocycles. The van der Waals surface area contributed by atoms with Crippen LogP contribution in [0.3, 0.4) is 0 Å². The lowest BCUT2D eigenvalue weighted by Gasteiger charge is -2.18. The maximum Gasteiger partial charge on any atom is 0.258 e. The molecule has 2 N–H and O–H groups in total. The summed E-state index contributed by atoms with van der Waals surface area (Å²) in [6.45, 7) is 1.16. The SMILES string of the molecule is CNC(=O)C(NC(=O)COc1ccc(CCC(C)=O)cc1)c1ccc(F)c(F)c1. The van der Waals surface area contributed by atoms with E-state index >= 15 is 0 Å². The van der Waals surface area contributed by atoms with Crippen LogP contribution in [0.15, 0.2) is 42.5 Å². The van der Waals surface area contributed by atoms with Gasteiger partial charge in [0.2, 0.25) is 5.91 Å². The van der Waals surface area contributed by atoms with Gasteiger partial charge in [0, 0.05) is 13.5 Å².